The van der Waals surface area contributed by atoms with Gasteiger partial charge in [0.05, 0.1) is 24.6 Å². The van der Waals surface area contributed by atoms with E-state index in [2.05, 4.69) is 58.4 Å². The van der Waals surface area contributed by atoms with E-state index in [0.717, 1.165) is 34.7 Å². The summed E-state index contributed by atoms with van der Waals surface area (Å²) in [7, 11) is 1.63. The molecule has 1 heterocycles. The maximum absolute atomic E-state index is 12.5. The van der Waals surface area contributed by atoms with E-state index in [1.165, 1.54) is 16.3 Å². The molecular formula is C29H27N3O2. The molecule has 0 saturated heterocycles. The fraction of sp³-hybridized carbons (Fsp3) is 0.172. The number of nitrogens with zero attached hydrogens (tertiary/aromatic N) is 2. The summed E-state index contributed by atoms with van der Waals surface area (Å²) >= 11 is 0. The lowest BCUT2D eigenvalue weighted by molar-refractivity contribution is -0.120. The molecule has 5 aromatic rings. The fourth-order valence-electron chi connectivity index (χ4n) is 4.40. The number of nitrogens with one attached hydrogen (secondary N) is 1. The van der Waals surface area contributed by atoms with Gasteiger partial charge in [-0.05, 0) is 46.2 Å². The van der Waals surface area contributed by atoms with Gasteiger partial charge in [-0.1, -0.05) is 66.7 Å². The van der Waals surface area contributed by atoms with Gasteiger partial charge in [0.1, 0.15) is 11.6 Å². The van der Waals surface area contributed by atoms with E-state index in [4.69, 9.17) is 9.72 Å². The predicted molar refractivity (Wildman–Crippen MR) is 136 cm³/mol. The molecule has 5 rings (SSSR count). The van der Waals surface area contributed by atoms with Crippen molar-refractivity contribution in [1.82, 2.24) is 14.9 Å². The predicted octanol–water partition coefficient (Wildman–Crippen LogP) is 5.15. The molecule has 4 aromatic carbocycles. The highest BCUT2D eigenvalue weighted by Gasteiger charge is 2.13. The first-order chi connectivity index (χ1) is 16.7. The average Bonchev–Trinajstić information content (AvgIpc) is 3.22. The SMILES string of the molecule is COc1ccc(CC(=O)NCCc2nc3ccccc3n2Cc2cccc3ccccc23)cc1. The topological polar surface area (TPSA) is 56.1 Å². The lowest BCUT2D eigenvalue weighted by atomic mass is 10.0. The van der Waals surface area contributed by atoms with Crippen LogP contribution in [0.5, 0.6) is 5.75 Å². The third-order valence-corrected chi connectivity index (χ3v) is 6.14. The summed E-state index contributed by atoms with van der Waals surface area (Å²) in [6, 6.07) is 30.7. The van der Waals surface area contributed by atoms with Gasteiger partial charge in [0.25, 0.3) is 0 Å². The summed E-state index contributed by atoms with van der Waals surface area (Å²) in [5, 5.41) is 5.53. The van der Waals surface area contributed by atoms with Crippen LogP contribution >= 0.6 is 0 Å². The molecule has 5 nitrogen and oxygen atoms in total. The number of methoxy groups -OCH3 is 1. The Kier molecular flexibility index (Phi) is 6.25. The van der Waals surface area contributed by atoms with E-state index in [-0.39, 0.29) is 5.91 Å². The molecule has 1 amide bonds. The minimum atomic E-state index is 0.00174. The van der Waals surface area contributed by atoms with Crippen molar-refractivity contribution in [3.63, 3.8) is 0 Å². The van der Waals surface area contributed by atoms with Crippen LogP contribution in [0, 0.1) is 0 Å². The van der Waals surface area contributed by atoms with Crippen molar-refractivity contribution in [3.8, 4) is 5.75 Å². The molecule has 0 saturated carbocycles. The van der Waals surface area contributed by atoms with E-state index in [9.17, 15) is 4.79 Å². The second kappa shape index (κ2) is 9.79. The largest absolute Gasteiger partial charge is 0.497 e. The summed E-state index contributed by atoms with van der Waals surface area (Å²) in [4.78, 5) is 17.4. The van der Waals surface area contributed by atoms with E-state index in [1.807, 2.05) is 42.5 Å². The number of amides is 1. The number of aromatic nitrogens is 2. The smallest absolute Gasteiger partial charge is 0.224 e. The van der Waals surface area contributed by atoms with Gasteiger partial charge in [-0.3, -0.25) is 4.79 Å². The minimum Gasteiger partial charge on any atom is -0.497 e. The Morgan fingerprint density at radius 1 is 0.912 bits per heavy atom. The summed E-state index contributed by atoms with van der Waals surface area (Å²) in [6.07, 6.45) is 1.00. The van der Waals surface area contributed by atoms with Crippen LogP contribution in [-0.4, -0.2) is 29.1 Å². The molecule has 170 valence electrons. The van der Waals surface area contributed by atoms with Crippen LogP contribution in [0.25, 0.3) is 21.8 Å². The van der Waals surface area contributed by atoms with Crippen molar-refractivity contribution in [3.05, 3.63) is 108 Å². The Morgan fingerprint density at radius 3 is 2.53 bits per heavy atom. The molecule has 34 heavy (non-hydrogen) atoms. The molecule has 0 spiro atoms. The van der Waals surface area contributed by atoms with Gasteiger partial charge >= 0.3 is 0 Å². The third-order valence-electron chi connectivity index (χ3n) is 6.14. The van der Waals surface area contributed by atoms with Crippen molar-refractivity contribution in [1.29, 1.82) is 0 Å². The van der Waals surface area contributed by atoms with Crippen LogP contribution in [0.2, 0.25) is 0 Å². The van der Waals surface area contributed by atoms with Gasteiger partial charge in [0.15, 0.2) is 0 Å². The fourth-order valence-corrected chi connectivity index (χ4v) is 4.40. The Morgan fingerprint density at radius 2 is 1.68 bits per heavy atom. The number of hydrogen-bond donors (Lipinski definition) is 1. The zero-order valence-corrected chi connectivity index (χ0v) is 19.2. The van der Waals surface area contributed by atoms with Crippen LogP contribution in [0.1, 0.15) is 17.0 Å². The monoisotopic (exact) mass is 449 g/mol. The Labute approximate surface area is 199 Å². The number of benzene rings is 4. The lowest BCUT2D eigenvalue weighted by Gasteiger charge is -2.12. The molecule has 0 atom stereocenters. The van der Waals surface area contributed by atoms with Crippen molar-refractivity contribution in [2.24, 2.45) is 0 Å². The van der Waals surface area contributed by atoms with Crippen molar-refractivity contribution >= 4 is 27.7 Å². The Balaban J connectivity index is 1.32. The second-order valence-electron chi connectivity index (χ2n) is 8.37. The molecule has 0 unspecified atom stereocenters. The summed E-state index contributed by atoms with van der Waals surface area (Å²) in [5.74, 6) is 1.76. The van der Waals surface area contributed by atoms with E-state index >= 15 is 0 Å². The Hall–Kier alpha value is -4.12. The van der Waals surface area contributed by atoms with Gasteiger partial charge in [-0.25, -0.2) is 4.98 Å². The standard InChI is InChI=1S/C29H27N3O2/c1-34-24-15-13-21(14-16-24)19-29(33)30-18-17-28-31-26-11-4-5-12-27(26)32(28)20-23-9-6-8-22-7-2-3-10-25(22)23/h2-16H,17-20H2,1H3,(H,30,33). The minimum absolute atomic E-state index is 0.00174. The normalized spacial score (nSPS) is 11.1. The molecule has 0 aliphatic rings. The summed E-state index contributed by atoms with van der Waals surface area (Å²) < 4.78 is 7.45. The van der Waals surface area contributed by atoms with Gasteiger partial charge < -0.3 is 14.6 Å². The molecule has 0 fully saturated rings. The molecule has 1 aromatic heterocycles. The number of hydrogen-bond acceptors (Lipinski definition) is 3. The molecule has 1 N–H and O–H groups in total. The number of ether oxygens (including phenoxy) is 1. The number of carbonyl (C=O) groups excluding carboxylic acids is 1. The van der Waals surface area contributed by atoms with Crippen molar-refractivity contribution < 1.29 is 9.53 Å². The maximum atomic E-state index is 12.5. The first-order valence-corrected chi connectivity index (χ1v) is 11.5. The van der Waals surface area contributed by atoms with E-state index in [1.54, 1.807) is 7.11 Å². The van der Waals surface area contributed by atoms with Crippen LogP contribution in [0.15, 0.2) is 91.0 Å². The zero-order valence-electron chi connectivity index (χ0n) is 19.2. The van der Waals surface area contributed by atoms with Crippen LogP contribution < -0.4 is 10.1 Å². The number of carbonyl (C=O) groups is 1. The first-order valence-electron chi connectivity index (χ1n) is 11.5. The number of rotatable bonds is 8. The molecule has 0 aliphatic heterocycles. The highest BCUT2D eigenvalue weighted by Crippen LogP contribution is 2.23. The van der Waals surface area contributed by atoms with Crippen LogP contribution in [0.3, 0.4) is 0 Å². The number of fused-ring (bicyclic) bond motifs is 2. The summed E-state index contributed by atoms with van der Waals surface area (Å²) in [6.45, 7) is 1.27. The Bertz CT molecular complexity index is 1430. The highest BCUT2D eigenvalue weighted by atomic mass is 16.5. The molecular weight excluding hydrogens is 422 g/mol. The molecule has 5 heteroatoms. The molecule has 0 radical (unpaired) electrons. The zero-order chi connectivity index (χ0) is 23.3. The first kappa shape index (κ1) is 21.7. The number of para-hydroxylation sites is 2. The van der Waals surface area contributed by atoms with Gasteiger partial charge in [-0.2, -0.15) is 0 Å². The van der Waals surface area contributed by atoms with Gasteiger partial charge in [-0.15, -0.1) is 0 Å². The summed E-state index contributed by atoms with van der Waals surface area (Å²) in [5.41, 5.74) is 4.30. The number of imidazole rings is 1. The van der Waals surface area contributed by atoms with Crippen LogP contribution in [0.4, 0.5) is 0 Å². The second-order valence-corrected chi connectivity index (χ2v) is 8.37. The van der Waals surface area contributed by atoms with E-state index < -0.39 is 0 Å². The van der Waals surface area contributed by atoms with Crippen LogP contribution in [-0.2, 0) is 24.2 Å². The maximum Gasteiger partial charge on any atom is 0.224 e. The van der Waals surface area contributed by atoms with Gasteiger partial charge in [0, 0.05) is 19.5 Å². The third kappa shape index (κ3) is 4.64. The van der Waals surface area contributed by atoms with Crippen molar-refractivity contribution in [2.45, 2.75) is 19.4 Å². The average molecular weight is 450 g/mol. The quantitative estimate of drug-likeness (QED) is 0.357. The van der Waals surface area contributed by atoms with E-state index in [0.29, 0.717) is 19.4 Å². The van der Waals surface area contributed by atoms with Gasteiger partial charge in [0.2, 0.25) is 5.91 Å². The molecule has 0 aliphatic carbocycles. The highest BCUT2D eigenvalue weighted by molar-refractivity contribution is 5.86. The molecule has 0 bridgehead atoms. The lowest BCUT2D eigenvalue weighted by Crippen LogP contribution is -2.28. The van der Waals surface area contributed by atoms with Crippen molar-refractivity contribution in [2.75, 3.05) is 13.7 Å².